The van der Waals surface area contributed by atoms with E-state index < -0.39 is 20.7 Å². The van der Waals surface area contributed by atoms with Gasteiger partial charge in [-0.05, 0) is 75.7 Å². The van der Waals surface area contributed by atoms with Crippen molar-refractivity contribution in [2.24, 2.45) is 5.92 Å². The zero-order valence-corrected chi connectivity index (χ0v) is 18.7. The Kier molecular flexibility index (Phi) is 8.25. The minimum atomic E-state index is -3.92. The van der Waals surface area contributed by atoms with E-state index in [1.807, 2.05) is 0 Å². The van der Waals surface area contributed by atoms with Gasteiger partial charge in [0.05, 0.1) is 0 Å². The molecule has 3 rings (SSSR count). The lowest BCUT2D eigenvalue weighted by molar-refractivity contribution is 0.0952. The van der Waals surface area contributed by atoms with Gasteiger partial charge >= 0.3 is 0 Å². The number of sulfonamides is 1. The van der Waals surface area contributed by atoms with Crippen molar-refractivity contribution in [3.63, 3.8) is 0 Å². The molecule has 2 heterocycles. The highest BCUT2D eigenvalue weighted by Crippen LogP contribution is 2.24. The maximum atomic E-state index is 14.3. The van der Waals surface area contributed by atoms with Crippen molar-refractivity contribution in [2.45, 2.75) is 56.8 Å². The van der Waals surface area contributed by atoms with Gasteiger partial charge in [-0.3, -0.25) is 4.79 Å². The predicted octanol–water partition coefficient (Wildman–Crippen LogP) is 3.24. The summed E-state index contributed by atoms with van der Waals surface area (Å²) in [5, 5.41) is 2.83. The number of hydrogen-bond acceptors (Lipinski definition) is 4. The smallest absolute Gasteiger partial charge is 0.251 e. The molecule has 1 amide bonds. The molecule has 2 aliphatic rings. The van der Waals surface area contributed by atoms with Crippen LogP contribution < -0.4 is 5.32 Å². The van der Waals surface area contributed by atoms with Gasteiger partial charge in [0.1, 0.15) is 10.7 Å². The second-order valence-electron chi connectivity index (χ2n) is 8.62. The van der Waals surface area contributed by atoms with Crippen LogP contribution in [-0.2, 0) is 10.0 Å². The van der Waals surface area contributed by atoms with Crippen molar-refractivity contribution in [3.05, 3.63) is 29.6 Å². The number of carbonyl (C=O) groups excluding carboxylic acids is 1. The maximum absolute atomic E-state index is 14.3. The minimum absolute atomic E-state index is 0.178. The summed E-state index contributed by atoms with van der Waals surface area (Å²) in [4.78, 5) is 14.5. The molecular weight excluding hydrogens is 405 g/mol. The van der Waals surface area contributed by atoms with E-state index in [2.05, 4.69) is 17.1 Å². The van der Waals surface area contributed by atoms with Crippen LogP contribution in [0, 0.1) is 11.7 Å². The normalized spacial score (nSPS) is 21.5. The quantitative estimate of drug-likeness (QED) is 0.632. The molecule has 1 atom stereocenters. The highest BCUT2D eigenvalue weighted by Gasteiger charge is 2.29. The Morgan fingerprint density at radius 2 is 1.90 bits per heavy atom. The molecule has 0 bridgehead atoms. The molecule has 2 fully saturated rings. The van der Waals surface area contributed by atoms with Crippen molar-refractivity contribution in [3.8, 4) is 0 Å². The van der Waals surface area contributed by atoms with Crippen LogP contribution in [0.5, 0.6) is 0 Å². The largest absolute Gasteiger partial charge is 0.352 e. The number of halogens is 1. The standard InChI is InChI=1S/C22H34FN3O3S/c1-18-8-7-13-25(17-18)12-6-3-11-24-22(27)19-9-10-20(23)21(16-19)30(28,29)26-14-4-2-5-15-26/h9-10,16,18H,2-8,11-15,17H2,1H3,(H,24,27)/t18-/m0/s1. The molecule has 1 N–H and O–H groups in total. The van der Waals surface area contributed by atoms with E-state index >= 15 is 0 Å². The molecule has 168 valence electrons. The first-order valence-corrected chi connectivity index (χ1v) is 12.6. The molecular formula is C22H34FN3O3S. The summed E-state index contributed by atoms with van der Waals surface area (Å²) in [6.45, 7) is 6.94. The second kappa shape index (κ2) is 10.7. The molecule has 0 unspecified atom stereocenters. The number of piperidine rings is 2. The number of nitrogens with one attached hydrogen (secondary N) is 1. The summed E-state index contributed by atoms with van der Waals surface area (Å²) in [7, 11) is -3.92. The van der Waals surface area contributed by atoms with E-state index in [1.54, 1.807) is 0 Å². The van der Waals surface area contributed by atoms with E-state index in [1.165, 1.54) is 29.3 Å². The average molecular weight is 440 g/mol. The van der Waals surface area contributed by atoms with Gasteiger partial charge in [-0.15, -0.1) is 0 Å². The number of likely N-dealkylation sites (tertiary alicyclic amines) is 1. The zero-order chi connectivity index (χ0) is 21.6. The Bertz CT molecular complexity index is 825. The molecule has 2 saturated heterocycles. The van der Waals surface area contributed by atoms with Gasteiger partial charge < -0.3 is 10.2 Å². The van der Waals surface area contributed by atoms with Crippen LogP contribution in [0.2, 0.25) is 0 Å². The van der Waals surface area contributed by atoms with Crippen LogP contribution in [0.15, 0.2) is 23.1 Å². The molecule has 1 aromatic carbocycles. The summed E-state index contributed by atoms with van der Waals surface area (Å²) in [5.41, 5.74) is 0.178. The average Bonchev–Trinajstić information content (AvgIpc) is 2.74. The van der Waals surface area contributed by atoms with Gasteiger partial charge in [-0.2, -0.15) is 4.31 Å². The Balaban J connectivity index is 1.51. The maximum Gasteiger partial charge on any atom is 0.251 e. The Morgan fingerprint density at radius 1 is 1.13 bits per heavy atom. The van der Waals surface area contributed by atoms with Crippen molar-refractivity contribution in [1.29, 1.82) is 0 Å². The lowest BCUT2D eigenvalue weighted by atomic mass is 10.0. The van der Waals surface area contributed by atoms with Crippen LogP contribution in [-0.4, -0.2) is 62.8 Å². The first-order chi connectivity index (χ1) is 14.4. The van der Waals surface area contributed by atoms with Crippen LogP contribution in [0.4, 0.5) is 4.39 Å². The molecule has 0 radical (unpaired) electrons. The molecule has 0 spiro atoms. The highest BCUT2D eigenvalue weighted by atomic mass is 32.2. The molecule has 0 aliphatic carbocycles. The van der Waals surface area contributed by atoms with Crippen molar-refractivity contribution in [2.75, 3.05) is 39.3 Å². The van der Waals surface area contributed by atoms with Gasteiger partial charge in [0.25, 0.3) is 5.91 Å². The third-order valence-corrected chi connectivity index (χ3v) is 7.97. The molecule has 0 aromatic heterocycles. The Labute approximate surface area is 179 Å². The fourth-order valence-electron chi connectivity index (χ4n) is 4.34. The summed E-state index contributed by atoms with van der Waals surface area (Å²) in [5.74, 6) is -0.420. The number of carbonyl (C=O) groups is 1. The SMILES string of the molecule is C[C@H]1CCCN(CCCCNC(=O)c2ccc(F)c(S(=O)(=O)N3CCCCC3)c2)C1. The Hall–Kier alpha value is -1.51. The third-order valence-electron chi connectivity index (χ3n) is 6.05. The molecule has 0 saturated carbocycles. The first-order valence-electron chi connectivity index (χ1n) is 11.2. The molecule has 2 aliphatic heterocycles. The molecule has 1 aromatic rings. The summed E-state index contributed by atoms with van der Waals surface area (Å²) in [6, 6.07) is 3.59. The molecule has 8 heteroatoms. The Morgan fingerprint density at radius 3 is 2.63 bits per heavy atom. The first kappa shape index (κ1) is 23.2. The van der Waals surface area contributed by atoms with Crippen LogP contribution >= 0.6 is 0 Å². The van der Waals surface area contributed by atoms with Crippen molar-refractivity contribution >= 4 is 15.9 Å². The summed E-state index contributed by atoms with van der Waals surface area (Å²) in [6.07, 6.45) is 6.95. The predicted molar refractivity (Wildman–Crippen MR) is 115 cm³/mol. The fraction of sp³-hybridized carbons (Fsp3) is 0.682. The van der Waals surface area contributed by atoms with E-state index in [4.69, 9.17) is 0 Å². The van der Waals surface area contributed by atoms with Gasteiger partial charge in [-0.25, -0.2) is 12.8 Å². The van der Waals surface area contributed by atoms with E-state index in [0.29, 0.717) is 19.6 Å². The molecule has 30 heavy (non-hydrogen) atoms. The zero-order valence-electron chi connectivity index (χ0n) is 17.9. The van der Waals surface area contributed by atoms with Gasteiger partial charge in [0.15, 0.2) is 0 Å². The van der Waals surface area contributed by atoms with E-state index in [9.17, 15) is 17.6 Å². The van der Waals surface area contributed by atoms with Crippen LogP contribution in [0.3, 0.4) is 0 Å². The van der Waals surface area contributed by atoms with Gasteiger partial charge in [0.2, 0.25) is 10.0 Å². The number of rotatable bonds is 8. The monoisotopic (exact) mass is 439 g/mol. The van der Waals surface area contributed by atoms with Crippen molar-refractivity contribution in [1.82, 2.24) is 14.5 Å². The fourth-order valence-corrected chi connectivity index (χ4v) is 5.95. The number of amides is 1. The lowest BCUT2D eigenvalue weighted by Crippen LogP contribution is -2.36. The number of benzene rings is 1. The van der Waals surface area contributed by atoms with Crippen LogP contribution in [0.1, 0.15) is 62.2 Å². The second-order valence-corrected chi connectivity index (χ2v) is 10.5. The molecule has 6 nitrogen and oxygen atoms in total. The highest BCUT2D eigenvalue weighted by molar-refractivity contribution is 7.89. The number of hydrogen-bond donors (Lipinski definition) is 1. The van der Waals surface area contributed by atoms with Crippen LogP contribution in [0.25, 0.3) is 0 Å². The van der Waals surface area contributed by atoms with Gasteiger partial charge in [-0.1, -0.05) is 13.3 Å². The van der Waals surface area contributed by atoms with Gasteiger partial charge in [0, 0.05) is 31.7 Å². The number of unbranched alkanes of at least 4 members (excludes halogenated alkanes) is 1. The number of nitrogens with zero attached hydrogens (tertiary/aromatic N) is 2. The summed E-state index contributed by atoms with van der Waals surface area (Å²) >= 11 is 0. The van der Waals surface area contributed by atoms with E-state index in [-0.39, 0.29) is 11.5 Å². The topological polar surface area (TPSA) is 69.7 Å². The summed E-state index contributed by atoms with van der Waals surface area (Å²) < 4.78 is 41.2. The van der Waals surface area contributed by atoms with Crippen molar-refractivity contribution < 1.29 is 17.6 Å². The lowest BCUT2D eigenvalue weighted by Gasteiger charge is -2.30. The third kappa shape index (κ3) is 6.02. The van der Waals surface area contributed by atoms with E-state index in [0.717, 1.165) is 63.7 Å². The minimum Gasteiger partial charge on any atom is -0.352 e.